The van der Waals surface area contributed by atoms with Gasteiger partial charge in [0.2, 0.25) is 21.1 Å². The lowest BCUT2D eigenvalue weighted by atomic mass is 10.1. The van der Waals surface area contributed by atoms with Gasteiger partial charge in [-0.1, -0.05) is 95.2 Å². The second-order valence-corrected chi connectivity index (χ2v) is 10.7. The summed E-state index contributed by atoms with van der Waals surface area (Å²) >= 11 is 13.3. The molecule has 0 bridgehead atoms. The number of hydrogen-bond donors (Lipinski definition) is 2. The average Bonchev–Trinajstić information content (AvgIpc) is 3.30. The molecular weight excluding hydrogens is 515 g/mol. The summed E-state index contributed by atoms with van der Waals surface area (Å²) in [5.74, 6) is -0.582. The first-order valence-corrected chi connectivity index (χ1v) is 13.1. The van der Waals surface area contributed by atoms with Gasteiger partial charge in [0.05, 0.1) is 5.02 Å². The number of rotatable bonds is 8. The van der Waals surface area contributed by atoms with E-state index in [2.05, 4.69) is 20.2 Å². The first-order valence-electron chi connectivity index (χ1n) is 10.0. The molecule has 1 atom stereocenters. The third-order valence-electron chi connectivity index (χ3n) is 4.76. The Bertz CT molecular complexity index is 1400. The molecule has 0 unspecified atom stereocenters. The van der Waals surface area contributed by atoms with Crippen LogP contribution in [0.2, 0.25) is 10.0 Å². The van der Waals surface area contributed by atoms with Gasteiger partial charge in [-0.2, -0.15) is 4.72 Å². The van der Waals surface area contributed by atoms with Crippen molar-refractivity contribution in [3.63, 3.8) is 0 Å². The third kappa shape index (κ3) is 5.99. The summed E-state index contributed by atoms with van der Waals surface area (Å²) in [7, 11) is -4.17. The predicted octanol–water partition coefficient (Wildman–Crippen LogP) is 5.04. The van der Waals surface area contributed by atoms with Gasteiger partial charge in [0, 0.05) is 10.6 Å². The lowest BCUT2D eigenvalue weighted by Crippen LogP contribution is -2.45. The standard InChI is InChI=1S/C23H18Cl2N4O3S2/c24-17-11-12-18(25)20(14-17)34(31,32)29-19(13-15-7-3-1-4-8-15)21(30)26-23-28-27-22(33-23)16-9-5-2-6-10-16/h1-12,14,19,29H,13H2,(H,26,28,30)/t19-/m1/s1. The fourth-order valence-electron chi connectivity index (χ4n) is 3.14. The number of aromatic nitrogens is 2. The number of carbonyl (C=O) groups excluding carboxylic acids is 1. The van der Waals surface area contributed by atoms with E-state index in [0.29, 0.717) is 5.01 Å². The molecule has 1 aromatic heterocycles. The van der Waals surface area contributed by atoms with Gasteiger partial charge < -0.3 is 0 Å². The Morgan fingerprint density at radius 1 is 0.941 bits per heavy atom. The zero-order chi connectivity index (χ0) is 24.1. The first-order chi connectivity index (χ1) is 16.3. The number of nitrogens with one attached hydrogen (secondary N) is 2. The van der Waals surface area contributed by atoms with E-state index in [4.69, 9.17) is 23.2 Å². The van der Waals surface area contributed by atoms with Crippen molar-refractivity contribution in [1.29, 1.82) is 0 Å². The zero-order valence-corrected chi connectivity index (χ0v) is 20.6. The van der Waals surface area contributed by atoms with Crippen LogP contribution in [0.15, 0.2) is 83.8 Å². The van der Waals surface area contributed by atoms with E-state index in [1.165, 1.54) is 29.5 Å². The smallest absolute Gasteiger partial charge is 0.244 e. The molecule has 0 saturated heterocycles. The Morgan fingerprint density at radius 3 is 2.32 bits per heavy atom. The van der Waals surface area contributed by atoms with E-state index in [0.717, 1.165) is 11.1 Å². The highest BCUT2D eigenvalue weighted by Gasteiger charge is 2.28. The molecule has 4 aromatic rings. The number of benzene rings is 3. The molecule has 34 heavy (non-hydrogen) atoms. The fraction of sp³-hybridized carbons (Fsp3) is 0.0870. The van der Waals surface area contributed by atoms with Gasteiger partial charge in [0.1, 0.15) is 15.9 Å². The van der Waals surface area contributed by atoms with Crippen LogP contribution in [-0.4, -0.2) is 30.6 Å². The summed E-state index contributed by atoms with van der Waals surface area (Å²) in [4.78, 5) is 13.0. The maximum absolute atomic E-state index is 13.2. The van der Waals surface area contributed by atoms with Gasteiger partial charge in [-0.15, -0.1) is 10.2 Å². The van der Waals surface area contributed by atoms with Gasteiger partial charge in [-0.25, -0.2) is 8.42 Å². The average molecular weight is 533 g/mol. The number of carbonyl (C=O) groups is 1. The molecule has 7 nitrogen and oxygen atoms in total. The number of amides is 1. The minimum atomic E-state index is -4.17. The highest BCUT2D eigenvalue weighted by atomic mass is 35.5. The van der Waals surface area contributed by atoms with Crippen LogP contribution in [-0.2, 0) is 21.2 Å². The number of anilines is 1. The van der Waals surface area contributed by atoms with E-state index in [-0.39, 0.29) is 26.5 Å². The molecule has 4 rings (SSSR count). The minimum absolute atomic E-state index is 0.00704. The van der Waals surface area contributed by atoms with Crippen molar-refractivity contribution in [3.05, 3.63) is 94.5 Å². The zero-order valence-electron chi connectivity index (χ0n) is 17.5. The molecule has 2 N–H and O–H groups in total. The number of sulfonamides is 1. The third-order valence-corrected chi connectivity index (χ3v) is 7.83. The van der Waals surface area contributed by atoms with Crippen molar-refractivity contribution >= 4 is 55.6 Å². The molecule has 1 heterocycles. The van der Waals surface area contributed by atoms with Crippen LogP contribution in [0.4, 0.5) is 5.13 Å². The van der Waals surface area contributed by atoms with Crippen LogP contribution in [0.5, 0.6) is 0 Å². The fourth-order valence-corrected chi connectivity index (χ4v) is 5.85. The van der Waals surface area contributed by atoms with E-state index >= 15 is 0 Å². The topological polar surface area (TPSA) is 101 Å². The molecule has 0 aliphatic heterocycles. The van der Waals surface area contributed by atoms with Crippen molar-refractivity contribution in [1.82, 2.24) is 14.9 Å². The highest BCUT2D eigenvalue weighted by molar-refractivity contribution is 7.89. The van der Waals surface area contributed by atoms with Crippen LogP contribution >= 0.6 is 34.5 Å². The molecule has 1 amide bonds. The van der Waals surface area contributed by atoms with Crippen LogP contribution in [0.3, 0.4) is 0 Å². The SMILES string of the molecule is O=C(Nc1nnc(-c2ccccc2)s1)[C@@H](Cc1ccccc1)NS(=O)(=O)c1cc(Cl)ccc1Cl. The Morgan fingerprint density at radius 2 is 1.62 bits per heavy atom. The van der Waals surface area contributed by atoms with Crippen molar-refractivity contribution in [2.45, 2.75) is 17.4 Å². The Balaban J connectivity index is 1.59. The molecule has 0 saturated carbocycles. The van der Waals surface area contributed by atoms with E-state index < -0.39 is 22.0 Å². The van der Waals surface area contributed by atoms with Crippen LogP contribution in [0.25, 0.3) is 10.6 Å². The van der Waals surface area contributed by atoms with Crippen LogP contribution in [0, 0.1) is 0 Å². The summed E-state index contributed by atoms with van der Waals surface area (Å²) < 4.78 is 28.6. The van der Waals surface area contributed by atoms with Crippen molar-refractivity contribution in [2.75, 3.05) is 5.32 Å². The largest absolute Gasteiger partial charge is 0.299 e. The molecule has 0 radical (unpaired) electrons. The highest BCUT2D eigenvalue weighted by Crippen LogP contribution is 2.27. The Hall–Kier alpha value is -2.82. The van der Waals surface area contributed by atoms with E-state index in [9.17, 15) is 13.2 Å². The van der Waals surface area contributed by atoms with Crippen molar-refractivity contribution in [3.8, 4) is 10.6 Å². The van der Waals surface area contributed by atoms with Crippen molar-refractivity contribution in [2.24, 2.45) is 0 Å². The monoisotopic (exact) mass is 532 g/mol. The van der Waals surface area contributed by atoms with Crippen LogP contribution in [0.1, 0.15) is 5.56 Å². The molecule has 0 aliphatic carbocycles. The van der Waals surface area contributed by atoms with Gasteiger partial charge in [0.25, 0.3) is 0 Å². The summed E-state index contributed by atoms with van der Waals surface area (Å²) in [5, 5.41) is 11.9. The van der Waals surface area contributed by atoms with E-state index in [1.54, 1.807) is 12.1 Å². The first kappa shape index (κ1) is 24.3. The molecule has 0 spiro atoms. The maximum atomic E-state index is 13.2. The van der Waals surface area contributed by atoms with Gasteiger partial charge in [-0.05, 0) is 30.2 Å². The Kier molecular flexibility index (Phi) is 7.60. The second-order valence-electron chi connectivity index (χ2n) is 7.21. The number of halogens is 2. The lowest BCUT2D eigenvalue weighted by Gasteiger charge is -2.18. The maximum Gasteiger partial charge on any atom is 0.244 e. The Labute approximate surface area is 210 Å². The summed E-state index contributed by atoms with van der Waals surface area (Å²) in [5.41, 5.74) is 1.63. The van der Waals surface area contributed by atoms with Crippen LogP contribution < -0.4 is 10.0 Å². The van der Waals surface area contributed by atoms with Gasteiger partial charge >= 0.3 is 0 Å². The van der Waals surface area contributed by atoms with E-state index in [1.807, 2.05) is 48.5 Å². The molecule has 0 fully saturated rings. The molecule has 0 aliphatic rings. The summed E-state index contributed by atoms with van der Waals surface area (Å²) in [6.07, 6.45) is 0.106. The summed E-state index contributed by atoms with van der Waals surface area (Å²) in [6, 6.07) is 21.4. The van der Waals surface area contributed by atoms with Crippen molar-refractivity contribution < 1.29 is 13.2 Å². The van der Waals surface area contributed by atoms with Gasteiger partial charge in [-0.3, -0.25) is 10.1 Å². The number of hydrogen-bond acceptors (Lipinski definition) is 6. The number of nitrogens with zero attached hydrogens (tertiary/aromatic N) is 2. The molecule has 11 heteroatoms. The normalized spacial score (nSPS) is 12.3. The molecule has 174 valence electrons. The predicted molar refractivity (Wildman–Crippen MR) is 135 cm³/mol. The lowest BCUT2D eigenvalue weighted by molar-refractivity contribution is -0.117. The summed E-state index contributed by atoms with van der Waals surface area (Å²) in [6.45, 7) is 0. The second kappa shape index (κ2) is 10.6. The van der Waals surface area contributed by atoms with Gasteiger partial charge in [0.15, 0.2) is 0 Å². The molecular formula is C23H18Cl2N4O3S2. The minimum Gasteiger partial charge on any atom is -0.299 e. The molecule has 3 aromatic carbocycles. The quantitative estimate of drug-likeness (QED) is 0.331.